The fraction of sp³-hybridized carbons (Fsp3) is 0.286. The van der Waals surface area contributed by atoms with Crippen LogP contribution in [0.1, 0.15) is 18.1 Å². The SMILES string of the molecule is CCn1ccnc(Nc2cc(C)cc(C)c2)c1=O. The number of nitrogens with zero attached hydrogens (tertiary/aromatic N) is 2. The highest BCUT2D eigenvalue weighted by atomic mass is 16.1. The molecule has 1 aromatic heterocycles. The number of hydrogen-bond acceptors (Lipinski definition) is 3. The molecule has 18 heavy (non-hydrogen) atoms. The molecule has 0 aliphatic rings. The highest BCUT2D eigenvalue weighted by molar-refractivity contribution is 5.57. The highest BCUT2D eigenvalue weighted by Gasteiger charge is 2.04. The second kappa shape index (κ2) is 5.04. The maximum absolute atomic E-state index is 12.0. The first kappa shape index (κ1) is 12.4. The smallest absolute Gasteiger partial charge is 0.293 e. The minimum absolute atomic E-state index is 0.0980. The molecule has 94 valence electrons. The van der Waals surface area contributed by atoms with Gasteiger partial charge in [0.25, 0.3) is 5.56 Å². The van der Waals surface area contributed by atoms with Crippen LogP contribution in [-0.4, -0.2) is 9.55 Å². The van der Waals surface area contributed by atoms with Crippen molar-refractivity contribution in [1.82, 2.24) is 9.55 Å². The van der Waals surface area contributed by atoms with Crippen LogP contribution in [0.3, 0.4) is 0 Å². The molecule has 1 heterocycles. The van der Waals surface area contributed by atoms with Crippen LogP contribution in [0.2, 0.25) is 0 Å². The van der Waals surface area contributed by atoms with E-state index in [2.05, 4.69) is 16.4 Å². The summed E-state index contributed by atoms with van der Waals surface area (Å²) in [6.07, 6.45) is 3.32. The van der Waals surface area contributed by atoms with Gasteiger partial charge in [-0.05, 0) is 44.0 Å². The molecule has 2 aromatic rings. The summed E-state index contributed by atoms with van der Waals surface area (Å²) < 4.78 is 1.62. The quantitative estimate of drug-likeness (QED) is 0.901. The predicted molar refractivity (Wildman–Crippen MR) is 73.4 cm³/mol. The number of nitrogens with one attached hydrogen (secondary N) is 1. The summed E-state index contributed by atoms with van der Waals surface area (Å²) >= 11 is 0. The maximum atomic E-state index is 12.0. The molecule has 0 aliphatic heterocycles. The zero-order valence-corrected chi connectivity index (χ0v) is 10.9. The van der Waals surface area contributed by atoms with Gasteiger partial charge in [-0.25, -0.2) is 4.98 Å². The van der Waals surface area contributed by atoms with Crippen LogP contribution in [-0.2, 0) is 6.54 Å². The number of anilines is 2. The molecule has 4 nitrogen and oxygen atoms in total. The summed E-state index contributed by atoms with van der Waals surface area (Å²) in [7, 11) is 0. The fourth-order valence-electron chi connectivity index (χ4n) is 1.97. The Morgan fingerprint density at radius 2 is 1.89 bits per heavy atom. The molecule has 0 bridgehead atoms. The molecule has 0 atom stereocenters. The van der Waals surface area contributed by atoms with Gasteiger partial charge in [0, 0.05) is 24.6 Å². The minimum atomic E-state index is -0.0980. The summed E-state index contributed by atoms with van der Waals surface area (Å²) in [5, 5.41) is 3.08. The van der Waals surface area contributed by atoms with Crippen molar-refractivity contribution in [1.29, 1.82) is 0 Å². The zero-order valence-electron chi connectivity index (χ0n) is 10.9. The number of benzene rings is 1. The Bertz CT molecular complexity index is 596. The molecule has 0 fully saturated rings. The molecular weight excluding hydrogens is 226 g/mol. The number of aryl methyl sites for hydroxylation is 3. The lowest BCUT2D eigenvalue weighted by molar-refractivity contribution is 0.720. The van der Waals surface area contributed by atoms with Crippen molar-refractivity contribution >= 4 is 11.5 Å². The molecule has 0 amide bonds. The minimum Gasteiger partial charge on any atom is -0.336 e. The average molecular weight is 243 g/mol. The first-order valence-corrected chi connectivity index (χ1v) is 6.01. The lowest BCUT2D eigenvalue weighted by Crippen LogP contribution is -2.22. The van der Waals surface area contributed by atoms with E-state index < -0.39 is 0 Å². The molecule has 0 spiro atoms. The monoisotopic (exact) mass is 243 g/mol. The van der Waals surface area contributed by atoms with E-state index in [1.54, 1.807) is 17.0 Å². The Labute approximate surface area is 106 Å². The second-order valence-corrected chi connectivity index (χ2v) is 4.37. The predicted octanol–water partition coefficient (Wildman–Crippen LogP) is 2.62. The van der Waals surface area contributed by atoms with Gasteiger partial charge < -0.3 is 9.88 Å². The first-order valence-electron chi connectivity index (χ1n) is 6.01. The lowest BCUT2D eigenvalue weighted by atomic mass is 10.1. The van der Waals surface area contributed by atoms with Gasteiger partial charge in [0.15, 0.2) is 5.82 Å². The molecule has 0 unspecified atom stereocenters. The Morgan fingerprint density at radius 1 is 1.22 bits per heavy atom. The summed E-state index contributed by atoms with van der Waals surface area (Å²) in [4.78, 5) is 16.1. The van der Waals surface area contributed by atoms with Crippen molar-refractivity contribution < 1.29 is 0 Å². The first-order chi connectivity index (χ1) is 8.60. The van der Waals surface area contributed by atoms with E-state index in [9.17, 15) is 4.79 Å². The molecular formula is C14H17N3O. The van der Waals surface area contributed by atoms with Crippen LogP contribution < -0.4 is 10.9 Å². The Balaban J connectivity index is 2.37. The normalized spacial score (nSPS) is 10.4. The van der Waals surface area contributed by atoms with Crippen LogP contribution in [0.25, 0.3) is 0 Å². The summed E-state index contributed by atoms with van der Waals surface area (Å²) in [6, 6.07) is 6.09. The van der Waals surface area contributed by atoms with Gasteiger partial charge in [-0.2, -0.15) is 0 Å². The topological polar surface area (TPSA) is 46.9 Å². The van der Waals surface area contributed by atoms with Gasteiger partial charge in [-0.15, -0.1) is 0 Å². The Kier molecular flexibility index (Phi) is 3.46. The number of hydrogen-bond donors (Lipinski definition) is 1. The van der Waals surface area contributed by atoms with Crippen molar-refractivity contribution in [2.75, 3.05) is 5.32 Å². The van der Waals surface area contributed by atoms with Gasteiger partial charge in [0.1, 0.15) is 0 Å². The molecule has 2 rings (SSSR count). The van der Waals surface area contributed by atoms with Crippen LogP contribution in [0.5, 0.6) is 0 Å². The van der Waals surface area contributed by atoms with Crippen LogP contribution >= 0.6 is 0 Å². The van der Waals surface area contributed by atoms with Gasteiger partial charge in [0.2, 0.25) is 0 Å². The molecule has 4 heteroatoms. The standard InChI is InChI=1S/C14H17N3O/c1-4-17-6-5-15-13(14(17)18)16-12-8-10(2)7-11(3)9-12/h5-9H,4H2,1-3H3,(H,15,16). The largest absolute Gasteiger partial charge is 0.336 e. The molecule has 1 N–H and O–H groups in total. The number of aromatic nitrogens is 2. The Morgan fingerprint density at radius 3 is 2.50 bits per heavy atom. The molecule has 0 radical (unpaired) electrons. The summed E-state index contributed by atoms with van der Waals surface area (Å²) in [5.74, 6) is 0.365. The maximum Gasteiger partial charge on any atom is 0.293 e. The van der Waals surface area contributed by atoms with Crippen molar-refractivity contribution in [3.05, 3.63) is 52.1 Å². The van der Waals surface area contributed by atoms with Gasteiger partial charge in [-0.1, -0.05) is 6.07 Å². The molecule has 0 aliphatic carbocycles. The van der Waals surface area contributed by atoms with E-state index in [4.69, 9.17) is 0 Å². The number of rotatable bonds is 3. The van der Waals surface area contributed by atoms with Crippen molar-refractivity contribution in [2.45, 2.75) is 27.3 Å². The molecule has 0 saturated heterocycles. The lowest BCUT2D eigenvalue weighted by Gasteiger charge is -2.09. The van der Waals surface area contributed by atoms with Crippen LogP contribution in [0, 0.1) is 13.8 Å². The van der Waals surface area contributed by atoms with Crippen LogP contribution in [0.15, 0.2) is 35.4 Å². The van der Waals surface area contributed by atoms with E-state index in [1.807, 2.05) is 32.9 Å². The summed E-state index contributed by atoms with van der Waals surface area (Å²) in [6.45, 7) is 6.63. The highest BCUT2D eigenvalue weighted by Crippen LogP contribution is 2.16. The third-order valence-corrected chi connectivity index (χ3v) is 2.74. The van der Waals surface area contributed by atoms with Crippen LogP contribution in [0.4, 0.5) is 11.5 Å². The van der Waals surface area contributed by atoms with E-state index in [-0.39, 0.29) is 5.56 Å². The van der Waals surface area contributed by atoms with E-state index in [1.165, 1.54) is 0 Å². The molecule has 0 saturated carbocycles. The third kappa shape index (κ3) is 2.59. The summed E-state index contributed by atoms with van der Waals surface area (Å²) in [5.41, 5.74) is 3.11. The van der Waals surface area contributed by atoms with Crippen molar-refractivity contribution in [2.24, 2.45) is 0 Å². The van der Waals surface area contributed by atoms with E-state index in [0.29, 0.717) is 12.4 Å². The Hall–Kier alpha value is -2.10. The third-order valence-electron chi connectivity index (χ3n) is 2.74. The van der Waals surface area contributed by atoms with Crippen molar-refractivity contribution in [3.8, 4) is 0 Å². The average Bonchev–Trinajstić information content (AvgIpc) is 2.30. The fourth-order valence-corrected chi connectivity index (χ4v) is 1.97. The second-order valence-electron chi connectivity index (χ2n) is 4.37. The molecule has 1 aromatic carbocycles. The van der Waals surface area contributed by atoms with Crippen molar-refractivity contribution in [3.63, 3.8) is 0 Å². The van der Waals surface area contributed by atoms with E-state index >= 15 is 0 Å². The van der Waals surface area contributed by atoms with Gasteiger partial charge in [0.05, 0.1) is 0 Å². The van der Waals surface area contributed by atoms with Gasteiger partial charge >= 0.3 is 0 Å². The van der Waals surface area contributed by atoms with Gasteiger partial charge in [-0.3, -0.25) is 4.79 Å². The van der Waals surface area contributed by atoms with E-state index in [0.717, 1.165) is 16.8 Å². The zero-order chi connectivity index (χ0) is 13.1.